The van der Waals surface area contributed by atoms with Gasteiger partial charge in [-0.15, -0.1) is 0 Å². The van der Waals surface area contributed by atoms with E-state index in [2.05, 4.69) is 5.32 Å². The molecular formula is C55H87N3O18. The van der Waals surface area contributed by atoms with Crippen LogP contribution in [0.2, 0.25) is 0 Å². The van der Waals surface area contributed by atoms with Crippen LogP contribution in [0.3, 0.4) is 0 Å². The Balaban J connectivity index is 1.35. The van der Waals surface area contributed by atoms with Crippen LogP contribution in [-0.2, 0) is 58.8 Å². The second-order valence-electron chi connectivity index (χ2n) is 22.1. The van der Waals surface area contributed by atoms with E-state index in [1.807, 2.05) is 39.8 Å². The van der Waals surface area contributed by atoms with Crippen LogP contribution in [-0.4, -0.2) is 186 Å². The number of carbonyl (C=O) groups is 4. The van der Waals surface area contributed by atoms with Crippen LogP contribution in [0.5, 0.6) is 5.75 Å². The molecular weight excluding hydrogens is 991 g/mol. The van der Waals surface area contributed by atoms with Gasteiger partial charge in [-0.25, -0.2) is 4.79 Å². The Morgan fingerprint density at radius 2 is 1.55 bits per heavy atom. The lowest BCUT2D eigenvalue weighted by molar-refractivity contribution is -0.320. The van der Waals surface area contributed by atoms with Gasteiger partial charge >= 0.3 is 17.9 Å². The van der Waals surface area contributed by atoms with Crippen molar-refractivity contribution in [3.63, 3.8) is 0 Å². The van der Waals surface area contributed by atoms with Crippen molar-refractivity contribution in [3.05, 3.63) is 40.2 Å². The number of benzene rings is 1. The minimum atomic E-state index is -2.03. The van der Waals surface area contributed by atoms with Crippen molar-refractivity contribution >= 4 is 34.6 Å². The second-order valence-corrected chi connectivity index (χ2v) is 22.1. The molecule has 0 amide bonds. The summed E-state index contributed by atoms with van der Waals surface area (Å²) in [7, 11) is 6.69. The Hall–Kier alpha value is -4.13. The molecule has 0 unspecified atom stereocenters. The molecule has 21 nitrogen and oxygen atoms in total. The molecule has 3 aliphatic rings. The summed E-state index contributed by atoms with van der Waals surface area (Å²) in [5.41, 5.74) is -4.89. The standard InChI is InChI=1S/C55H87N3O18/c1-16-40-55(11,67)47(63)31(5)43(60)29(3)26-53(9,68-14)48(76-52-45(62)39(57(12)13)24-30(4)71-52)32(6)46(33(7)51(66)73-40)75-42-27-54(10,69-15)49(34(8)72-42)74-41(59)20-21-56-22-23-70-35-18-19-38-36(25-35)44(61)37(50(64)65)28-58(38)17-2/h18-19,25,28-34,39-40,42,45-49,52,56,62-63,67H,16-17,20-24,26-27H2,1-15H3,(H,64,65)/t29-,30+,31-,32+,33+,34-,39-,40-,42+,45-,46+,47+,48-,49+,52-,53+,54-,55+/m0/s1. The molecule has 3 saturated heterocycles. The molecule has 2 aromatic rings. The van der Waals surface area contributed by atoms with Crippen molar-refractivity contribution in [2.75, 3.05) is 48.0 Å². The van der Waals surface area contributed by atoms with Crippen molar-refractivity contribution in [2.45, 2.75) is 199 Å². The number of aromatic nitrogens is 1. The monoisotopic (exact) mass is 1080 g/mol. The van der Waals surface area contributed by atoms with E-state index in [1.165, 1.54) is 40.3 Å². The van der Waals surface area contributed by atoms with E-state index in [1.54, 1.807) is 58.2 Å². The number of nitrogens with zero attached hydrogens (tertiary/aromatic N) is 2. The first-order valence-corrected chi connectivity index (χ1v) is 26.7. The number of aliphatic hydroxyl groups excluding tert-OH is 2. The number of hydrogen-bond donors (Lipinski definition) is 5. The fourth-order valence-electron chi connectivity index (χ4n) is 11.4. The molecule has 18 atom stereocenters. The molecule has 3 aliphatic heterocycles. The normalized spacial score (nSPS) is 37.1. The molecule has 5 rings (SSSR count). The average molecular weight is 1080 g/mol. The highest BCUT2D eigenvalue weighted by molar-refractivity contribution is 5.93. The number of rotatable bonds is 18. The molecule has 1 aromatic heterocycles. The van der Waals surface area contributed by atoms with E-state index in [-0.39, 0.29) is 67.7 Å². The van der Waals surface area contributed by atoms with Gasteiger partial charge in [0.2, 0.25) is 5.43 Å². The fraction of sp³-hybridized carbons (Fsp3) is 0.764. The highest BCUT2D eigenvalue weighted by Gasteiger charge is 2.55. The van der Waals surface area contributed by atoms with E-state index < -0.39 is 119 Å². The van der Waals surface area contributed by atoms with Crippen molar-refractivity contribution in [3.8, 4) is 5.75 Å². The number of fused-ring (bicyclic) bond motifs is 1. The molecule has 3 fully saturated rings. The van der Waals surface area contributed by atoms with Gasteiger partial charge in [0.15, 0.2) is 18.7 Å². The van der Waals surface area contributed by atoms with Crippen molar-refractivity contribution in [2.24, 2.45) is 23.7 Å². The summed E-state index contributed by atoms with van der Waals surface area (Å²) in [4.78, 5) is 68.7. The summed E-state index contributed by atoms with van der Waals surface area (Å²) in [5, 5.41) is 48.2. The molecule has 0 aliphatic carbocycles. The van der Waals surface area contributed by atoms with Gasteiger partial charge in [-0.2, -0.15) is 0 Å². The summed E-state index contributed by atoms with van der Waals surface area (Å²) in [6.45, 7) is 20.0. The lowest BCUT2D eigenvalue weighted by Crippen LogP contribution is -2.61. The molecule has 0 bridgehead atoms. The molecule has 76 heavy (non-hydrogen) atoms. The SMILES string of the molecule is CC[C@@H]1OC(=O)[C@H](C)[C@H](O[C@@H]2C[C@](C)(OC)[C@H](OC(=O)CCNCCOc3ccc4c(c3)c(=O)c(C(=O)O)cn4CC)[C@H](C)O2)[C@@H](C)[C@H](O[C@@H]2O[C@H](C)C[C@H](N(C)C)[C@@H]2O)[C@](C)(OC)C[C@H](C)C(=O)[C@H](C)[C@@H](O)[C@]1(C)O. The van der Waals surface area contributed by atoms with Crippen molar-refractivity contribution in [1.82, 2.24) is 14.8 Å². The smallest absolute Gasteiger partial charge is 0.341 e. The van der Waals surface area contributed by atoms with Crippen LogP contribution in [0.25, 0.3) is 10.9 Å². The number of ketones is 1. The van der Waals surface area contributed by atoms with E-state index in [0.29, 0.717) is 30.8 Å². The number of methoxy groups -OCH3 is 2. The summed E-state index contributed by atoms with van der Waals surface area (Å²) < 4.78 is 58.7. The molecule has 5 N–H and O–H groups in total. The number of likely N-dealkylation sites (N-methyl/N-ethyl adjacent to an activating group) is 1. The maximum Gasteiger partial charge on any atom is 0.341 e. The van der Waals surface area contributed by atoms with Crippen molar-refractivity contribution in [1.29, 1.82) is 0 Å². The molecule has 0 spiro atoms. The van der Waals surface area contributed by atoms with Crippen LogP contribution >= 0.6 is 0 Å². The van der Waals surface area contributed by atoms with Gasteiger partial charge in [-0.05, 0) is 100 Å². The first-order valence-electron chi connectivity index (χ1n) is 26.7. The van der Waals surface area contributed by atoms with E-state index in [0.717, 1.165) is 0 Å². The zero-order valence-electron chi connectivity index (χ0n) is 47.2. The Kier molecular flexibility index (Phi) is 21.6. The number of aromatic carboxylic acids is 1. The van der Waals surface area contributed by atoms with Gasteiger partial charge in [0.25, 0.3) is 0 Å². The lowest BCUT2D eigenvalue weighted by atomic mass is 9.74. The predicted molar refractivity (Wildman–Crippen MR) is 279 cm³/mol. The number of carboxylic acid groups (broad SMARTS) is 1. The largest absolute Gasteiger partial charge is 0.492 e. The Bertz CT molecular complexity index is 2360. The first-order chi connectivity index (χ1) is 35.6. The van der Waals surface area contributed by atoms with Crippen molar-refractivity contribution < 1.29 is 82.2 Å². The number of carboxylic acids is 1. The fourth-order valence-corrected chi connectivity index (χ4v) is 11.4. The van der Waals surface area contributed by atoms with Crippen LogP contribution in [0.15, 0.2) is 29.2 Å². The molecule has 0 saturated carbocycles. The number of pyridine rings is 1. The number of carbonyl (C=O) groups excluding carboxylic acids is 3. The topological polar surface area (TPSA) is 270 Å². The third-order valence-corrected chi connectivity index (χ3v) is 16.2. The first kappa shape index (κ1) is 62.7. The molecule has 0 radical (unpaired) electrons. The summed E-state index contributed by atoms with van der Waals surface area (Å²) in [6.07, 6.45) is -8.41. The molecule has 1 aromatic carbocycles. The van der Waals surface area contributed by atoms with E-state index >= 15 is 0 Å². The zero-order chi connectivity index (χ0) is 56.8. The Morgan fingerprint density at radius 1 is 0.895 bits per heavy atom. The van der Waals surface area contributed by atoms with Crippen LogP contribution in [0.4, 0.5) is 0 Å². The predicted octanol–water partition coefficient (Wildman–Crippen LogP) is 4.08. The van der Waals surface area contributed by atoms with Gasteiger partial charge in [0, 0.05) is 70.3 Å². The zero-order valence-corrected chi connectivity index (χ0v) is 47.2. The maximum absolute atomic E-state index is 14.6. The third-order valence-electron chi connectivity index (χ3n) is 16.2. The minimum Gasteiger partial charge on any atom is -0.492 e. The highest BCUT2D eigenvalue weighted by Crippen LogP contribution is 2.42. The quantitative estimate of drug-likeness (QED) is 0.104. The summed E-state index contributed by atoms with van der Waals surface area (Å²) in [5.74, 6) is -6.33. The van der Waals surface area contributed by atoms with Gasteiger partial charge in [-0.1, -0.05) is 27.7 Å². The number of aryl methyl sites for hydroxylation is 1. The lowest BCUT2D eigenvalue weighted by Gasteiger charge is -2.50. The second kappa shape index (κ2) is 26.2. The van der Waals surface area contributed by atoms with Gasteiger partial charge in [-0.3, -0.25) is 19.2 Å². The van der Waals surface area contributed by atoms with Gasteiger partial charge < -0.3 is 77.8 Å². The van der Waals surface area contributed by atoms with Gasteiger partial charge in [0.05, 0.1) is 59.4 Å². The molecule has 21 heteroatoms. The highest BCUT2D eigenvalue weighted by atomic mass is 16.7. The van der Waals surface area contributed by atoms with Gasteiger partial charge in [0.1, 0.15) is 47.1 Å². The van der Waals surface area contributed by atoms with E-state index in [9.17, 15) is 44.4 Å². The van der Waals surface area contributed by atoms with Crippen LogP contribution < -0.4 is 15.5 Å². The summed E-state index contributed by atoms with van der Waals surface area (Å²) >= 11 is 0. The summed E-state index contributed by atoms with van der Waals surface area (Å²) in [6, 6.07) is 4.60. The number of hydrogen-bond acceptors (Lipinski definition) is 19. The number of ether oxygens (including phenoxy) is 9. The number of esters is 2. The molecule has 4 heterocycles. The third kappa shape index (κ3) is 14.0. The average Bonchev–Trinajstić information content (AvgIpc) is 3.37. The number of nitrogens with one attached hydrogen (secondary N) is 1. The Labute approximate surface area is 447 Å². The minimum absolute atomic E-state index is 0.0203. The number of cyclic esters (lactones) is 1. The van der Waals surface area contributed by atoms with E-state index in [4.69, 9.17) is 42.6 Å². The van der Waals surface area contributed by atoms with Crippen LogP contribution in [0, 0.1) is 23.7 Å². The molecule has 430 valence electrons. The number of Topliss-reactive ketones (excluding diaryl/α,β-unsaturated/α-hetero) is 1. The Morgan fingerprint density at radius 3 is 2.16 bits per heavy atom. The number of aliphatic hydroxyl groups is 3. The van der Waals surface area contributed by atoms with Crippen LogP contribution in [0.1, 0.15) is 119 Å². The maximum atomic E-state index is 14.6.